The van der Waals surface area contributed by atoms with E-state index in [0.717, 1.165) is 32.0 Å². The van der Waals surface area contributed by atoms with Gasteiger partial charge in [-0.05, 0) is 31.1 Å². The minimum absolute atomic E-state index is 0.0869. The molecule has 1 aromatic heterocycles. The second-order valence-electron chi connectivity index (χ2n) is 6.03. The molecule has 1 heterocycles. The average Bonchev–Trinajstić information content (AvgIpc) is 2.85. The summed E-state index contributed by atoms with van der Waals surface area (Å²) in [5.41, 5.74) is 1.93. The minimum atomic E-state index is -0.595. The monoisotopic (exact) mass is 382 g/mol. The van der Waals surface area contributed by atoms with E-state index < -0.39 is 5.82 Å². The first kappa shape index (κ1) is 18.1. The lowest BCUT2D eigenvalue weighted by molar-refractivity contribution is 0.397. The van der Waals surface area contributed by atoms with Gasteiger partial charge in [0, 0.05) is 24.5 Å². The van der Waals surface area contributed by atoms with Crippen LogP contribution in [0.4, 0.5) is 10.1 Å². The molecule has 1 aliphatic rings. The Bertz CT molecular complexity index is 835. The van der Waals surface area contributed by atoms with Crippen molar-refractivity contribution in [2.75, 3.05) is 24.4 Å². The average molecular weight is 383 g/mol. The summed E-state index contributed by atoms with van der Waals surface area (Å²) in [6.07, 6.45) is 6.94. The lowest BCUT2D eigenvalue weighted by Gasteiger charge is -2.22. The Hall–Kier alpha value is -1.71. The first-order chi connectivity index (χ1) is 12.0. The molecule has 134 valence electrons. The number of hydrogen-bond acceptors (Lipinski definition) is 3. The maximum absolute atomic E-state index is 14.6. The summed E-state index contributed by atoms with van der Waals surface area (Å²) in [6.45, 7) is 2.11. The first-order valence-electron chi connectivity index (χ1n) is 8.19. The van der Waals surface area contributed by atoms with Crippen LogP contribution < -0.4 is 4.90 Å². The van der Waals surface area contributed by atoms with Crippen molar-refractivity contribution in [2.24, 2.45) is 0 Å². The highest BCUT2D eigenvalue weighted by atomic mass is 35.5. The molecular formula is C18H21ClFN2O2P. The van der Waals surface area contributed by atoms with Crippen molar-refractivity contribution in [1.29, 1.82) is 0 Å². The van der Waals surface area contributed by atoms with Gasteiger partial charge in [0.2, 0.25) is 11.8 Å². The standard InChI is InChI=1S/C18H21ClFN2O2P/c1-3-25-10-21(2)15-9-16(14(20)8-13(15)19)22-17(23)11-6-4-5-7-12(11)18(22)24/h4,6,8-9,23-25H,3,5,7,10H2,1-2H3. The SMILES string of the molecule is CCPCN(C)c1cc(-n2c(O)c3c(c2O)CCC=C3)c(F)cc1Cl. The summed E-state index contributed by atoms with van der Waals surface area (Å²) in [5.74, 6) is -0.877. The third-order valence-corrected chi connectivity index (χ3v) is 5.87. The Morgan fingerprint density at radius 1 is 1.32 bits per heavy atom. The molecule has 0 fully saturated rings. The van der Waals surface area contributed by atoms with Crippen molar-refractivity contribution in [2.45, 2.75) is 19.8 Å². The summed E-state index contributed by atoms with van der Waals surface area (Å²) in [6, 6.07) is 2.80. The van der Waals surface area contributed by atoms with Gasteiger partial charge in [-0.25, -0.2) is 8.96 Å². The summed E-state index contributed by atoms with van der Waals surface area (Å²) < 4.78 is 15.8. The zero-order valence-electron chi connectivity index (χ0n) is 14.2. The Morgan fingerprint density at radius 2 is 2.08 bits per heavy atom. The predicted octanol–water partition coefficient (Wildman–Crippen LogP) is 4.73. The first-order valence-corrected chi connectivity index (χ1v) is 9.98. The summed E-state index contributed by atoms with van der Waals surface area (Å²) in [5, 5.41) is 21.4. The van der Waals surface area contributed by atoms with E-state index in [0.29, 0.717) is 28.3 Å². The molecule has 1 unspecified atom stereocenters. The lowest BCUT2D eigenvalue weighted by atomic mass is 10.0. The predicted molar refractivity (Wildman–Crippen MR) is 104 cm³/mol. The van der Waals surface area contributed by atoms with E-state index in [4.69, 9.17) is 11.6 Å². The van der Waals surface area contributed by atoms with Crippen LogP contribution in [0.3, 0.4) is 0 Å². The van der Waals surface area contributed by atoms with E-state index in [1.54, 1.807) is 12.1 Å². The minimum Gasteiger partial charge on any atom is -0.494 e. The van der Waals surface area contributed by atoms with Crippen LogP contribution in [0.25, 0.3) is 11.8 Å². The van der Waals surface area contributed by atoms with E-state index in [1.165, 1.54) is 6.07 Å². The van der Waals surface area contributed by atoms with Crippen LogP contribution in [-0.2, 0) is 6.42 Å². The number of rotatable bonds is 5. The molecule has 25 heavy (non-hydrogen) atoms. The van der Waals surface area contributed by atoms with Crippen LogP contribution in [-0.4, -0.2) is 34.3 Å². The molecule has 2 N–H and O–H groups in total. The Labute approximate surface area is 153 Å². The van der Waals surface area contributed by atoms with Gasteiger partial charge in [0.25, 0.3) is 0 Å². The van der Waals surface area contributed by atoms with Crippen LogP contribution in [0, 0.1) is 5.82 Å². The van der Waals surface area contributed by atoms with Crippen molar-refractivity contribution < 1.29 is 14.6 Å². The number of nitrogens with zero attached hydrogens (tertiary/aromatic N) is 2. The molecule has 1 aromatic carbocycles. The van der Waals surface area contributed by atoms with Gasteiger partial charge in [0.15, 0.2) is 0 Å². The van der Waals surface area contributed by atoms with Crippen molar-refractivity contribution >= 4 is 31.9 Å². The molecule has 7 heteroatoms. The molecule has 0 aliphatic heterocycles. The van der Waals surface area contributed by atoms with Gasteiger partial charge in [0.05, 0.1) is 16.4 Å². The molecule has 0 spiro atoms. The van der Waals surface area contributed by atoms with E-state index in [2.05, 4.69) is 6.92 Å². The molecule has 0 amide bonds. The third kappa shape index (κ3) is 3.23. The highest BCUT2D eigenvalue weighted by Gasteiger charge is 2.25. The van der Waals surface area contributed by atoms with E-state index >= 15 is 0 Å². The fourth-order valence-corrected chi connectivity index (χ4v) is 4.07. The van der Waals surface area contributed by atoms with Gasteiger partial charge in [-0.1, -0.05) is 30.7 Å². The summed E-state index contributed by atoms with van der Waals surface area (Å²) in [4.78, 5) is 1.96. The molecule has 0 bridgehead atoms. The normalized spacial score (nSPS) is 13.6. The molecular weight excluding hydrogens is 362 g/mol. The van der Waals surface area contributed by atoms with E-state index in [1.807, 2.05) is 18.0 Å². The van der Waals surface area contributed by atoms with E-state index in [-0.39, 0.29) is 17.4 Å². The van der Waals surface area contributed by atoms with Crippen molar-refractivity contribution in [3.63, 3.8) is 0 Å². The van der Waals surface area contributed by atoms with Crippen LogP contribution >= 0.6 is 20.2 Å². The van der Waals surface area contributed by atoms with Gasteiger partial charge in [0.1, 0.15) is 5.82 Å². The number of anilines is 1. The zero-order chi connectivity index (χ0) is 18.1. The van der Waals surface area contributed by atoms with E-state index in [9.17, 15) is 14.6 Å². The van der Waals surface area contributed by atoms with Gasteiger partial charge in [-0.2, -0.15) is 0 Å². The lowest BCUT2D eigenvalue weighted by Crippen LogP contribution is -2.16. The van der Waals surface area contributed by atoms with Gasteiger partial charge in [-0.15, -0.1) is 8.58 Å². The van der Waals surface area contributed by atoms with Gasteiger partial charge >= 0.3 is 0 Å². The van der Waals surface area contributed by atoms with Gasteiger partial charge < -0.3 is 15.1 Å². The van der Waals surface area contributed by atoms with Crippen molar-refractivity contribution in [3.05, 3.63) is 40.2 Å². The molecule has 4 nitrogen and oxygen atoms in total. The quantitative estimate of drug-likeness (QED) is 0.735. The third-order valence-electron chi connectivity index (χ3n) is 4.37. The van der Waals surface area contributed by atoms with Crippen molar-refractivity contribution in [3.8, 4) is 17.4 Å². The fourth-order valence-electron chi connectivity index (χ4n) is 3.04. The highest BCUT2D eigenvalue weighted by molar-refractivity contribution is 7.38. The number of allylic oxidation sites excluding steroid dienone is 1. The molecule has 0 saturated carbocycles. The maximum atomic E-state index is 14.6. The topological polar surface area (TPSA) is 48.6 Å². The maximum Gasteiger partial charge on any atom is 0.206 e. The Balaban J connectivity index is 2.12. The van der Waals surface area contributed by atoms with Crippen LogP contribution in [0.5, 0.6) is 11.8 Å². The number of hydrogen-bond donors (Lipinski definition) is 2. The Kier molecular flexibility index (Phi) is 5.26. The molecule has 3 rings (SSSR count). The smallest absolute Gasteiger partial charge is 0.206 e. The van der Waals surface area contributed by atoms with Crippen LogP contribution in [0.2, 0.25) is 5.02 Å². The molecule has 1 atom stereocenters. The number of halogens is 2. The summed E-state index contributed by atoms with van der Waals surface area (Å²) >= 11 is 6.22. The highest BCUT2D eigenvalue weighted by Crippen LogP contribution is 2.42. The fraction of sp³-hybridized carbons (Fsp3) is 0.333. The number of aromatic hydroxyl groups is 2. The second-order valence-corrected chi connectivity index (χ2v) is 7.96. The molecule has 1 aliphatic carbocycles. The number of fused-ring (bicyclic) bond motifs is 1. The molecule has 2 aromatic rings. The Morgan fingerprint density at radius 3 is 2.76 bits per heavy atom. The van der Waals surface area contributed by atoms with Crippen LogP contribution in [0.15, 0.2) is 18.2 Å². The van der Waals surface area contributed by atoms with Gasteiger partial charge in [-0.3, -0.25) is 0 Å². The number of benzene rings is 1. The van der Waals surface area contributed by atoms with Crippen LogP contribution in [0.1, 0.15) is 24.5 Å². The molecule has 0 radical (unpaired) electrons. The second kappa shape index (κ2) is 7.27. The largest absolute Gasteiger partial charge is 0.494 e. The van der Waals surface area contributed by atoms with Crippen molar-refractivity contribution in [1.82, 2.24) is 4.57 Å². The summed E-state index contributed by atoms with van der Waals surface area (Å²) in [7, 11) is 2.64. The zero-order valence-corrected chi connectivity index (χ0v) is 15.9. The number of aromatic nitrogens is 1. The molecule has 0 saturated heterocycles.